The van der Waals surface area contributed by atoms with Crippen molar-refractivity contribution in [1.82, 2.24) is 9.78 Å². The van der Waals surface area contributed by atoms with Crippen LogP contribution in [0.2, 0.25) is 0 Å². The second-order valence-electron chi connectivity index (χ2n) is 4.40. The van der Waals surface area contributed by atoms with Crippen LogP contribution in [0.1, 0.15) is 5.56 Å². The standard InChI is InChI=1S/C15H14N2O2/c1-19-12-6-4-5-11(9-12)10-17-14-8-3-2-7-13(14)15(18)16-17/h2-9H,10H2,1H3,(H,16,18). The third kappa shape index (κ3) is 2.12. The monoisotopic (exact) mass is 254 g/mol. The van der Waals surface area contributed by atoms with Gasteiger partial charge in [0.15, 0.2) is 0 Å². The maximum absolute atomic E-state index is 11.8. The molecule has 19 heavy (non-hydrogen) atoms. The molecule has 0 amide bonds. The van der Waals surface area contributed by atoms with Gasteiger partial charge in [0.25, 0.3) is 5.56 Å². The third-order valence-corrected chi connectivity index (χ3v) is 3.15. The number of para-hydroxylation sites is 1. The minimum Gasteiger partial charge on any atom is -0.497 e. The summed E-state index contributed by atoms with van der Waals surface area (Å²) in [5.41, 5.74) is 1.94. The molecule has 0 aliphatic carbocycles. The lowest BCUT2D eigenvalue weighted by Crippen LogP contribution is -2.06. The van der Waals surface area contributed by atoms with Crippen LogP contribution >= 0.6 is 0 Å². The zero-order valence-electron chi connectivity index (χ0n) is 10.6. The van der Waals surface area contributed by atoms with E-state index in [1.807, 2.05) is 53.2 Å². The van der Waals surface area contributed by atoms with Gasteiger partial charge in [-0.15, -0.1) is 0 Å². The normalized spacial score (nSPS) is 10.8. The molecule has 0 unspecified atom stereocenters. The lowest BCUT2D eigenvalue weighted by atomic mass is 10.2. The Morgan fingerprint density at radius 3 is 2.84 bits per heavy atom. The highest BCUT2D eigenvalue weighted by Crippen LogP contribution is 2.15. The molecule has 0 saturated heterocycles. The Morgan fingerprint density at radius 2 is 2.00 bits per heavy atom. The lowest BCUT2D eigenvalue weighted by molar-refractivity contribution is 0.414. The number of rotatable bonds is 3. The summed E-state index contributed by atoms with van der Waals surface area (Å²) in [6.45, 7) is 0.611. The molecule has 96 valence electrons. The van der Waals surface area contributed by atoms with E-state index in [2.05, 4.69) is 5.10 Å². The predicted octanol–water partition coefficient (Wildman–Crippen LogP) is 2.39. The van der Waals surface area contributed by atoms with E-state index < -0.39 is 0 Å². The number of aromatic amines is 1. The van der Waals surface area contributed by atoms with E-state index in [-0.39, 0.29) is 5.56 Å². The van der Waals surface area contributed by atoms with Crippen molar-refractivity contribution < 1.29 is 4.74 Å². The maximum atomic E-state index is 11.8. The van der Waals surface area contributed by atoms with E-state index in [1.54, 1.807) is 7.11 Å². The van der Waals surface area contributed by atoms with Crippen LogP contribution in [0.5, 0.6) is 5.75 Å². The summed E-state index contributed by atoms with van der Waals surface area (Å²) in [4.78, 5) is 11.8. The van der Waals surface area contributed by atoms with E-state index >= 15 is 0 Å². The van der Waals surface area contributed by atoms with E-state index in [0.717, 1.165) is 16.8 Å². The minimum atomic E-state index is -0.0569. The number of fused-ring (bicyclic) bond motifs is 1. The Bertz CT molecular complexity index is 771. The average Bonchev–Trinajstić information content (AvgIpc) is 2.76. The number of benzene rings is 2. The van der Waals surface area contributed by atoms with Crippen molar-refractivity contribution in [2.75, 3.05) is 7.11 Å². The van der Waals surface area contributed by atoms with Crippen LogP contribution in [0.25, 0.3) is 10.9 Å². The summed E-state index contributed by atoms with van der Waals surface area (Å²) in [5, 5.41) is 3.57. The summed E-state index contributed by atoms with van der Waals surface area (Å²) in [5.74, 6) is 0.816. The molecule has 4 nitrogen and oxygen atoms in total. The number of ether oxygens (including phenoxy) is 1. The van der Waals surface area contributed by atoms with Crippen LogP contribution in [-0.4, -0.2) is 16.9 Å². The number of hydrogen-bond donors (Lipinski definition) is 1. The van der Waals surface area contributed by atoms with Crippen molar-refractivity contribution in [3.63, 3.8) is 0 Å². The molecule has 2 aromatic carbocycles. The van der Waals surface area contributed by atoms with Crippen molar-refractivity contribution in [3.05, 3.63) is 64.4 Å². The molecule has 1 aromatic heterocycles. The predicted molar refractivity (Wildman–Crippen MR) is 74.7 cm³/mol. The number of methoxy groups -OCH3 is 1. The molecule has 0 spiro atoms. The van der Waals surface area contributed by atoms with E-state index in [9.17, 15) is 4.79 Å². The summed E-state index contributed by atoms with van der Waals surface area (Å²) < 4.78 is 7.06. The van der Waals surface area contributed by atoms with Crippen molar-refractivity contribution in [3.8, 4) is 5.75 Å². The fourth-order valence-electron chi connectivity index (χ4n) is 2.22. The van der Waals surface area contributed by atoms with Gasteiger partial charge in [-0.05, 0) is 29.8 Å². The number of hydrogen-bond acceptors (Lipinski definition) is 2. The van der Waals surface area contributed by atoms with Crippen molar-refractivity contribution in [2.24, 2.45) is 0 Å². The van der Waals surface area contributed by atoms with Gasteiger partial charge in [-0.25, -0.2) is 0 Å². The highest BCUT2D eigenvalue weighted by Gasteiger charge is 2.06. The third-order valence-electron chi connectivity index (χ3n) is 3.15. The van der Waals surface area contributed by atoms with Gasteiger partial charge < -0.3 is 4.74 Å². The first kappa shape index (κ1) is 11.6. The molecule has 3 rings (SSSR count). The van der Waals surface area contributed by atoms with Crippen molar-refractivity contribution >= 4 is 10.9 Å². The average molecular weight is 254 g/mol. The summed E-state index contributed by atoms with van der Waals surface area (Å²) in [6, 6.07) is 15.4. The van der Waals surface area contributed by atoms with Crippen molar-refractivity contribution in [2.45, 2.75) is 6.54 Å². The van der Waals surface area contributed by atoms with Gasteiger partial charge >= 0.3 is 0 Å². The van der Waals surface area contributed by atoms with Crippen LogP contribution in [0.3, 0.4) is 0 Å². The van der Waals surface area contributed by atoms with Gasteiger partial charge in [-0.1, -0.05) is 24.3 Å². The Morgan fingerprint density at radius 1 is 1.16 bits per heavy atom. The molecule has 0 saturated carbocycles. The first-order valence-corrected chi connectivity index (χ1v) is 6.08. The van der Waals surface area contributed by atoms with Crippen LogP contribution in [0.15, 0.2) is 53.3 Å². The van der Waals surface area contributed by atoms with Crippen LogP contribution < -0.4 is 10.3 Å². The zero-order valence-corrected chi connectivity index (χ0v) is 10.6. The largest absolute Gasteiger partial charge is 0.497 e. The number of aromatic nitrogens is 2. The van der Waals surface area contributed by atoms with E-state index in [0.29, 0.717) is 11.9 Å². The quantitative estimate of drug-likeness (QED) is 0.780. The van der Waals surface area contributed by atoms with Crippen LogP contribution in [0, 0.1) is 0 Å². The zero-order chi connectivity index (χ0) is 13.2. The Balaban J connectivity index is 2.03. The molecule has 0 radical (unpaired) electrons. The summed E-state index contributed by atoms with van der Waals surface area (Å²) >= 11 is 0. The van der Waals surface area contributed by atoms with Crippen molar-refractivity contribution in [1.29, 1.82) is 0 Å². The number of nitrogens with zero attached hydrogens (tertiary/aromatic N) is 1. The van der Waals surface area contributed by atoms with Gasteiger partial charge in [-0.3, -0.25) is 14.6 Å². The summed E-state index contributed by atoms with van der Waals surface area (Å²) in [6.07, 6.45) is 0. The van der Waals surface area contributed by atoms with Crippen LogP contribution in [-0.2, 0) is 6.54 Å². The Kier molecular flexibility index (Phi) is 2.83. The van der Waals surface area contributed by atoms with Gasteiger partial charge in [0, 0.05) is 0 Å². The molecule has 4 heteroatoms. The number of H-pyrrole nitrogens is 1. The second kappa shape index (κ2) is 4.65. The maximum Gasteiger partial charge on any atom is 0.271 e. The SMILES string of the molecule is COc1cccc(Cn2[nH]c(=O)c3ccccc32)c1. The van der Waals surface area contributed by atoms with Gasteiger partial charge in [0.05, 0.1) is 24.6 Å². The highest BCUT2D eigenvalue weighted by atomic mass is 16.5. The smallest absolute Gasteiger partial charge is 0.271 e. The molecule has 0 atom stereocenters. The summed E-state index contributed by atoms with van der Waals surface area (Å²) in [7, 11) is 1.64. The van der Waals surface area contributed by atoms with Gasteiger partial charge in [0.2, 0.25) is 0 Å². The molecule has 1 N–H and O–H groups in total. The fourth-order valence-corrected chi connectivity index (χ4v) is 2.22. The lowest BCUT2D eigenvalue weighted by Gasteiger charge is -2.06. The molecule has 1 heterocycles. The molecular formula is C15H14N2O2. The van der Waals surface area contributed by atoms with E-state index in [4.69, 9.17) is 4.74 Å². The molecule has 0 fully saturated rings. The fraction of sp³-hybridized carbons (Fsp3) is 0.133. The molecule has 0 bridgehead atoms. The molecular weight excluding hydrogens is 240 g/mol. The topological polar surface area (TPSA) is 47.0 Å². The van der Waals surface area contributed by atoms with Gasteiger partial charge in [0.1, 0.15) is 5.75 Å². The Labute approximate surface area is 110 Å². The molecule has 0 aliphatic heterocycles. The minimum absolute atomic E-state index is 0.0569. The number of nitrogens with one attached hydrogen (secondary N) is 1. The molecule has 3 aromatic rings. The Hall–Kier alpha value is -2.49. The van der Waals surface area contributed by atoms with E-state index in [1.165, 1.54) is 0 Å². The first-order chi connectivity index (χ1) is 9.28. The highest BCUT2D eigenvalue weighted by molar-refractivity contribution is 5.78. The van der Waals surface area contributed by atoms with Crippen LogP contribution in [0.4, 0.5) is 0 Å². The van der Waals surface area contributed by atoms with Gasteiger partial charge in [-0.2, -0.15) is 0 Å². The first-order valence-electron chi connectivity index (χ1n) is 6.08. The second-order valence-corrected chi connectivity index (χ2v) is 4.40. The molecule has 0 aliphatic rings.